The lowest BCUT2D eigenvalue weighted by Crippen LogP contribution is -2.23. The number of hydrogen-bond acceptors (Lipinski definition) is 3. The monoisotopic (exact) mass is 264 g/mol. The molecule has 1 heterocycles. The van der Waals surface area contributed by atoms with Crippen molar-refractivity contribution in [2.75, 3.05) is 0 Å². The molecule has 2 rings (SSSR count). The molecule has 0 unspecified atom stereocenters. The Morgan fingerprint density at radius 1 is 1.33 bits per heavy atom. The molecule has 0 aliphatic heterocycles. The number of carbonyl (C=O) groups is 1. The van der Waals surface area contributed by atoms with Crippen molar-refractivity contribution >= 4 is 17.5 Å². The zero-order valence-corrected chi connectivity index (χ0v) is 10.5. The molecule has 18 heavy (non-hydrogen) atoms. The molecular formula is C12H13ClN4O. The normalized spacial score (nSPS) is 10.3. The van der Waals surface area contributed by atoms with Crippen LogP contribution < -0.4 is 5.32 Å². The second kappa shape index (κ2) is 6.16. The number of rotatable bonds is 5. The van der Waals surface area contributed by atoms with Gasteiger partial charge in [-0.2, -0.15) is 5.10 Å². The number of aromatic nitrogens is 3. The highest BCUT2D eigenvalue weighted by Gasteiger charge is 2.02. The van der Waals surface area contributed by atoms with E-state index >= 15 is 0 Å². The van der Waals surface area contributed by atoms with Crippen LogP contribution in [0, 0.1) is 0 Å². The first-order valence-electron chi connectivity index (χ1n) is 5.57. The number of carbonyl (C=O) groups excluding carboxylic acids is 1. The summed E-state index contributed by atoms with van der Waals surface area (Å²) in [5.41, 5.74) is 1.02. The summed E-state index contributed by atoms with van der Waals surface area (Å²) in [5.74, 6) is -0.0135. The van der Waals surface area contributed by atoms with E-state index in [1.807, 2.05) is 12.1 Å². The fourth-order valence-electron chi connectivity index (χ4n) is 1.46. The number of hydrogen-bond donors (Lipinski definition) is 1. The van der Waals surface area contributed by atoms with Gasteiger partial charge in [0.25, 0.3) is 0 Å². The SMILES string of the molecule is O=C(CCn1cncn1)NCc1ccc(Cl)cc1. The van der Waals surface area contributed by atoms with Crippen LogP contribution in [0.25, 0.3) is 0 Å². The van der Waals surface area contributed by atoms with Crippen molar-refractivity contribution in [1.82, 2.24) is 20.1 Å². The molecule has 0 spiro atoms. The molecule has 5 nitrogen and oxygen atoms in total. The van der Waals surface area contributed by atoms with Gasteiger partial charge >= 0.3 is 0 Å². The Labute approximate surface area is 110 Å². The van der Waals surface area contributed by atoms with Gasteiger partial charge in [0.05, 0.1) is 6.54 Å². The Morgan fingerprint density at radius 3 is 2.78 bits per heavy atom. The maximum Gasteiger partial charge on any atom is 0.222 e. The van der Waals surface area contributed by atoms with Gasteiger partial charge in [0, 0.05) is 18.0 Å². The van der Waals surface area contributed by atoms with E-state index < -0.39 is 0 Å². The molecule has 6 heteroatoms. The van der Waals surface area contributed by atoms with E-state index in [1.54, 1.807) is 23.1 Å². The van der Waals surface area contributed by atoms with Crippen LogP contribution in [0.5, 0.6) is 0 Å². The minimum Gasteiger partial charge on any atom is -0.352 e. The Balaban J connectivity index is 1.73. The van der Waals surface area contributed by atoms with Crippen molar-refractivity contribution in [1.29, 1.82) is 0 Å². The molecule has 0 fully saturated rings. The first kappa shape index (κ1) is 12.6. The quantitative estimate of drug-likeness (QED) is 0.893. The Hall–Kier alpha value is -1.88. The molecular weight excluding hydrogens is 252 g/mol. The van der Waals surface area contributed by atoms with Crippen LogP contribution in [0.3, 0.4) is 0 Å². The Kier molecular flexibility index (Phi) is 4.30. The summed E-state index contributed by atoms with van der Waals surface area (Å²) < 4.78 is 1.63. The standard InChI is InChI=1S/C12H13ClN4O/c13-11-3-1-10(2-4-11)7-15-12(18)5-6-17-9-14-8-16-17/h1-4,8-9H,5-7H2,(H,15,18). The summed E-state index contributed by atoms with van der Waals surface area (Å²) in [7, 11) is 0. The van der Waals surface area contributed by atoms with E-state index in [2.05, 4.69) is 15.4 Å². The van der Waals surface area contributed by atoms with Gasteiger partial charge in [0.15, 0.2) is 0 Å². The molecule has 0 saturated carbocycles. The predicted molar refractivity (Wildman–Crippen MR) is 67.9 cm³/mol. The number of benzene rings is 1. The summed E-state index contributed by atoms with van der Waals surface area (Å²) >= 11 is 5.78. The third kappa shape index (κ3) is 3.85. The van der Waals surface area contributed by atoms with Gasteiger partial charge in [-0.1, -0.05) is 23.7 Å². The van der Waals surface area contributed by atoms with Gasteiger partial charge in [-0.15, -0.1) is 0 Å². The Morgan fingerprint density at radius 2 is 2.11 bits per heavy atom. The lowest BCUT2D eigenvalue weighted by molar-refractivity contribution is -0.121. The smallest absolute Gasteiger partial charge is 0.222 e. The first-order valence-corrected chi connectivity index (χ1v) is 5.95. The van der Waals surface area contributed by atoms with Crippen molar-refractivity contribution in [3.8, 4) is 0 Å². The lowest BCUT2D eigenvalue weighted by atomic mass is 10.2. The maximum atomic E-state index is 11.6. The number of nitrogens with zero attached hydrogens (tertiary/aromatic N) is 3. The molecule has 2 aromatic rings. The predicted octanol–water partition coefficient (Wildman–Crippen LogP) is 1.64. The highest BCUT2D eigenvalue weighted by atomic mass is 35.5. The summed E-state index contributed by atoms with van der Waals surface area (Å²) in [6.45, 7) is 1.04. The highest BCUT2D eigenvalue weighted by Crippen LogP contribution is 2.09. The fraction of sp³-hybridized carbons (Fsp3) is 0.250. The summed E-state index contributed by atoms with van der Waals surface area (Å²) in [4.78, 5) is 15.4. The minimum atomic E-state index is -0.0135. The largest absolute Gasteiger partial charge is 0.352 e. The van der Waals surface area contributed by atoms with Crippen LogP contribution in [-0.4, -0.2) is 20.7 Å². The molecule has 0 bridgehead atoms. The van der Waals surface area contributed by atoms with Crippen LogP contribution in [0.15, 0.2) is 36.9 Å². The average molecular weight is 265 g/mol. The second-order valence-corrected chi connectivity index (χ2v) is 4.25. The molecule has 0 radical (unpaired) electrons. The van der Waals surface area contributed by atoms with Crippen molar-refractivity contribution in [3.05, 3.63) is 47.5 Å². The molecule has 94 valence electrons. The van der Waals surface area contributed by atoms with Crippen molar-refractivity contribution in [3.63, 3.8) is 0 Å². The Bertz CT molecular complexity index is 495. The highest BCUT2D eigenvalue weighted by molar-refractivity contribution is 6.30. The van der Waals surface area contributed by atoms with E-state index in [9.17, 15) is 4.79 Å². The summed E-state index contributed by atoms with van der Waals surface area (Å²) in [6, 6.07) is 7.39. The van der Waals surface area contributed by atoms with Crippen LogP contribution >= 0.6 is 11.6 Å². The molecule has 1 aromatic heterocycles. The van der Waals surface area contributed by atoms with Crippen LogP contribution in [0.1, 0.15) is 12.0 Å². The van der Waals surface area contributed by atoms with Crippen LogP contribution in [0.4, 0.5) is 0 Å². The van der Waals surface area contributed by atoms with Gasteiger partial charge in [0.1, 0.15) is 12.7 Å². The zero-order chi connectivity index (χ0) is 12.8. The van der Waals surface area contributed by atoms with Crippen LogP contribution in [0.2, 0.25) is 5.02 Å². The van der Waals surface area contributed by atoms with Gasteiger partial charge < -0.3 is 5.32 Å². The van der Waals surface area contributed by atoms with Crippen molar-refractivity contribution in [2.45, 2.75) is 19.5 Å². The van der Waals surface area contributed by atoms with Gasteiger partial charge in [0.2, 0.25) is 5.91 Å². The summed E-state index contributed by atoms with van der Waals surface area (Å²) in [5, 5.41) is 7.46. The van der Waals surface area contributed by atoms with Crippen LogP contribution in [-0.2, 0) is 17.9 Å². The third-order valence-corrected chi connectivity index (χ3v) is 2.69. The average Bonchev–Trinajstić information content (AvgIpc) is 2.89. The number of aryl methyl sites for hydroxylation is 1. The molecule has 0 aliphatic rings. The van der Waals surface area contributed by atoms with E-state index in [1.165, 1.54) is 6.33 Å². The first-order chi connectivity index (χ1) is 8.74. The molecule has 0 aliphatic carbocycles. The van der Waals surface area contributed by atoms with E-state index in [0.717, 1.165) is 5.56 Å². The number of halogens is 1. The number of nitrogens with one attached hydrogen (secondary N) is 1. The van der Waals surface area contributed by atoms with Gasteiger partial charge in [-0.05, 0) is 17.7 Å². The summed E-state index contributed by atoms with van der Waals surface area (Å²) in [6.07, 6.45) is 3.43. The molecule has 0 atom stereocenters. The van der Waals surface area contributed by atoms with Crippen molar-refractivity contribution in [2.24, 2.45) is 0 Å². The van der Waals surface area contributed by atoms with E-state index in [4.69, 9.17) is 11.6 Å². The maximum absolute atomic E-state index is 11.6. The zero-order valence-electron chi connectivity index (χ0n) is 9.71. The van der Waals surface area contributed by atoms with E-state index in [0.29, 0.717) is 24.5 Å². The lowest BCUT2D eigenvalue weighted by Gasteiger charge is -2.05. The molecule has 1 aromatic carbocycles. The number of amides is 1. The molecule has 0 saturated heterocycles. The van der Waals surface area contributed by atoms with Gasteiger partial charge in [-0.3, -0.25) is 9.48 Å². The van der Waals surface area contributed by atoms with E-state index in [-0.39, 0.29) is 5.91 Å². The molecule has 1 N–H and O–H groups in total. The second-order valence-electron chi connectivity index (χ2n) is 3.81. The molecule has 1 amide bonds. The minimum absolute atomic E-state index is 0.0135. The fourth-order valence-corrected chi connectivity index (χ4v) is 1.58. The van der Waals surface area contributed by atoms with Gasteiger partial charge in [-0.25, -0.2) is 4.98 Å². The third-order valence-electron chi connectivity index (χ3n) is 2.44. The van der Waals surface area contributed by atoms with Crippen molar-refractivity contribution < 1.29 is 4.79 Å². The topological polar surface area (TPSA) is 59.8 Å².